The minimum atomic E-state index is 0.577. The first-order chi connectivity index (χ1) is 6.95. The molecule has 2 nitrogen and oxygen atoms in total. The van der Waals surface area contributed by atoms with E-state index in [2.05, 4.69) is 5.32 Å². The number of rotatable bonds is 2. The molecule has 0 aliphatic carbocycles. The summed E-state index contributed by atoms with van der Waals surface area (Å²) in [6.07, 6.45) is 10.0. The molecule has 2 rings (SSSR count). The monoisotopic (exact) mass is 197 g/mol. The van der Waals surface area contributed by atoms with E-state index in [1.165, 1.54) is 58.0 Å². The van der Waals surface area contributed by atoms with Gasteiger partial charge in [-0.25, -0.2) is 0 Å². The molecular formula is C12H23NO. The molecule has 2 atom stereocenters. The lowest BCUT2D eigenvalue weighted by atomic mass is 9.93. The van der Waals surface area contributed by atoms with Crippen molar-refractivity contribution in [1.82, 2.24) is 5.32 Å². The van der Waals surface area contributed by atoms with Gasteiger partial charge in [0.05, 0.1) is 6.10 Å². The van der Waals surface area contributed by atoms with Gasteiger partial charge in [0.2, 0.25) is 0 Å². The Morgan fingerprint density at radius 3 is 2.86 bits per heavy atom. The quantitative estimate of drug-likeness (QED) is 0.733. The summed E-state index contributed by atoms with van der Waals surface area (Å²) in [6.45, 7) is 3.45. The van der Waals surface area contributed by atoms with Crippen LogP contribution in [0.4, 0.5) is 0 Å². The van der Waals surface area contributed by atoms with Crippen molar-refractivity contribution in [2.45, 2.75) is 51.0 Å². The summed E-state index contributed by atoms with van der Waals surface area (Å²) in [7, 11) is 0. The first-order valence-corrected chi connectivity index (χ1v) is 6.27. The van der Waals surface area contributed by atoms with E-state index in [0.717, 1.165) is 12.5 Å². The van der Waals surface area contributed by atoms with E-state index < -0.39 is 0 Å². The molecule has 0 amide bonds. The van der Waals surface area contributed by atoms with Crippen molar-refractivity contribution in [3.8, 4) is 0 Å². The summed E-state index contributed by atoms with van der Waals surface area (Å²) < 4.78 is 5.79. The molecule has 2 heterocycles. The van der Waals surface area contributed by atoms with Crippen LogP contribution in [0.5, 0.6) is 0 Å². The summed E-state index contributed by atoms with van der Waals surface area (Å²) >= 11 is 0. The van der Waals surface area contributed by atoms with Crippen LogP contribution in [0.25, 0.3) is 0 Å². The maximum atomic E-state index is 5.79. The molecular weight excluding hydrogens is 174 g/mol. The van der Waals surface area contributed by atoms with Gasteiger partial charge in [0, 0.05) is 6.61 Å². The van der Waals surface area contributed by atoms with E-state index in [9.17, 15) is 0 Å². The Labute approximate surface area is 87.4 Å². The van der Waals surface area contributed by atoms with Gasteiger partial charge in [-0.3, -0.25) is 0 Å². The lowest BCUT2D eigenvalue weighted by Crippen LogP contribution is -2.27. The van der Waals surface area contributed by atoms with Crippen molar-refractivity contribution in [1.29, 1.82) is 0 Å². The van der Waals surface area contributed by atoms with Gasteiger partial charge in [-0.1, -0.05) is 6.42 Å². The molecule has 82 valence electrons. The molecule has 0 saturated carbocycles. The zero-order valence-electron chi connectivity index (χ0n) is 9.13. The zero-order chi connectivity index (χ0) is 9.64. The third-order valence-electron chi connectivity index (χ3n) is 3.52. The third kappa shape index (κ3) is 3.25. The van der Waals surface area contributed by atoms with Crippen LogP contribution in [0.3, 0.4) is 0 Å². The van der Waals surface area contributed by atoms with Gasteiger partial charge in [0.15, 0.2) is 0 Å². The average Bonchev–Trinajstić information content (AvgIpc) is 2.48. The number of ether oxygens (including phenoxy) is 1. The lowest BCUT2D eigenvalue weighted by molar-refractivity contribution is 0.00117. The van der Waals surface area contributed by atoms with E-state index in [1.54, 1.807) is 0 Å². The smallest absolute Gasteiger partial charge is 0.0578 e. The maximum absolute atomic E-state index is 5.79. The summed E-state index contributed by atoms with van der Waals surface area (Å²) in [5.41, 5.74) is 0. The van der Waals surface area contributed by atoms with Gasteiger partial charge in [0.25, 0.3) is 0 Å². The molecule has 2 heteroatoms. The Morgan fingerprint density at radius 1 is 1.07 bits per heavy atom. The largest absolute Gasteiger partial charge is 0.378 e. The zero-order valence-corrected chi connectivity index (χ0v) is 9.13. The topological polar surface area (TPSA) is 21.3 Å². The van der Waals surface area contributed by atoms with Gasteiger partial charge in [-0.05, 0) is 57.5 Å². The Hall–Kier alpha value is -0.0800. The van der Waals surface area contributed by atoms with Crippen molar-refractivity contribution in [3.63, 3.8) is 0 Å². The molecule has 0 radical (unpaired) electrons. The summed E-state index contributed by atoms with van der Waals surface area (Å²) in [5.74, 6) is 0.876. The van der Waals surface area contributed by atoms with E-state index in [-0.39, 0.29) is 0 Å². The van der Waals surface area contributed by atoms with Crippen molar-refractivity contribution in [3.05, 3.63) is 0 Å². The highest BCUT2D eigenvalue weighted by Gasteiger charge is 2.20. The Morgan fingerprint density at radius 2 is 2.00 bits per heavy atom. The van der Waals surface area contributed by atoms with Gasteiger partial charge in [-0.15, -0.1) is 0 Å². The molecule has 0 bridgehead atoms. The van der Waals surface area contributed by atoms with Crippen LogP contribution in [0.15, 0.2) is 0 Å². The molecule has 2 aliphatic heterocycles. The van der Waals surface area contributed by atoms with Gasteiger partial charge in [0.1, 0.15) is 0 Å². The minimum Gasteiger partial charge on any atom is -0.378 e. The van der Waals surface area contributed by atoms with Crippen molar-refractivity contribution in [2.75, 3.05) is 19.7 Å². The third-order valence-corrected chi connectivity index (χ3v) is 3.52. The van der Waals surface area contributed by atoms with Crippen LogP contribution in [0.1, 0.15) is 44.9 Å². The molecule has 2 unspecified atom stereocenters. The fourth-order valence-corrected chi connectivity index (χ4v) is 2.66. The summed E-state index contributed by atoms with van der Waals surface area (Å²) in [4.78, 5) is 0. The maximum Gasteiger partial charge on any atom is 0.0578 e. The van der Waals surface area contributed by atoms with Crippen molar-refractivity contribution >= 4 is 0 Å². The highest BCUT2D eigenvalue weighted by molar-refractivity contribution is 4.73. The summed E-state index contributed by atoms with van der Waals surface area (Å²) in [5, 5.41) is 3.53. The van der Waals surface area contributed by atoms with Crippen LogP contribution in [-0.4, -0.2) is 25.8 Å². The molecule has 0 aromatic rings. The fourth-order valence-electron chi connectivity index (χ4n) is 2.66. The van der Waals surface area contributed by atoms with E-state index in [1.807, 2.05) is 0 Å². The molecule has 14 heavy (non-hydrogen) atoms. The van der Waals surface area contributed by atoms with E-state index in [0.29, 0.717) is 6.10 Å². The predicted molar refractivity (Wildman–Crippen MR) is 58.4 cm³/mol. The highest BCUT2D eigenvalue weighted by Crippen LogP contribution is 2.23. The molecule has 2 saturated heterocycles. The molecule has 0 spiro atoms. The first-order valence-electron chi connectivity index (χ1n) is 6.27. The predicted octanol–water partition coefficient (Wildman–Crippen LogP) is 2.34. The normalized spacial score (nSPS) is 35.1. The number of hydrogen-bond acceptors (Lipinski definition) is 2. The first kappa shape index (κ1) is 10.4. The minimum absolute atomic E-state index is 0.577. The second-order valence-corrected chi connectivity index (χ2v) is 4.79. The van der Waals surface area contributed by atoms with E-state index >= 15 is 0 Å². The Kier molecular flexibility index (Phi) is 4.26. The van der Waals surface area contributed by atoms with Crippen LogP contribution in [0, 0.1) is 5.92 Å². The molecule has 1 N–H and O–H groups in total. The van der Waals surface area contributed by atoms with Crippen molar-refractivity contribution < 1.29 is 4.74 Å². The summed E-state index contributed by atoms with van der Waals surface area (Å²) in [6, 6.07) is 0. The van der Waals surface area contributed by atoms with Crippen LogP contribution < -0.4 is 5.32 Å². The molecule has 0 aromatic carbocycles. The van der Waals surface area contributed by atoms with Gasteiger partial charge >= 0.3 is 0 Å². The van der Waals surface area contributed by atoms with Crippen LogP contribution in [0.2, 0.25) is 0 Å². The average molecular weight is 197 g/mol. The number of nitrogens with one attached hydrogen (secondary N) is 1. The number of hydrogen-bond donors (Lipinski definition) is 1. The van der Waals surface area contributed by atoms with Crippen LogP contribution >= 0.6 is 0 Å². The standard InChI is InChI=1S/C12H23NO/c1-3-7-13-10-11(5-1)9-12-6-2-4-8-14-12/h11-13H,1-10H2. The molecule has 2 aliphatic rings. The van der Waals surface area contributed by atoms with Gasteiger partial charge in [-0.2, -0.15) is 0 Å². The van der Waals surface area contributed by atoms with Gasteiger partial charge < -0.3 is 10.1 Å². The molecule has 2 fully saturated rings. The fraction of sp³-hybridized carbons (Fsp3) is 1.00. The second-order valence-electron chi connectivity index (χ2n) is 4.79. The van der Waals surface area contributed by atoms with Crippen LogP contribution in [-0.2, 0) is 4.74 Å². The van der Waals surface area contributed by atoms with Crippen molar-refractivity contribution in [2.24, 2.45) is 5.92 Å². The second kappa shape index (κ2) is 5.72. The lowest BCUT2D eigenvalue weighted by Gasteiger charge is -2.26. The SMILES string of the molecule is C1CCC(CC2CCCCO2)CNC1. The highest BCUT2D eigenvalue weighted by atomic mass is 16.5. The Balaban J connectivity index is 1.71. The Bertz CT molecular complexity index is 146. The van der Waals surface area contributed by atoms with E-state index in [4.69, 9.17) is 4.74 Å². The molecule has 0 aromatic heterocycles.